The predicted octanol–water partition coefficient (Wildman–Crippen LogP) is 2.12. The molecular weight excluding hydrogens is 310 g/mol. The highest BCUT2D eigenvalue weighted by Crippen LogP contribution is 2.25. The highest BCUT2D eigenvalue weighted by atomic mass is 16.5. The van der Waals surface area contributed by atoms with E-state index in [9.17, 15) is 14.7 Å². The fourth-order valence-corrected chi connectivity index (χ4v) is 1.91. The lowest BCUT2D eigenvalue weighted by Gasteiger charge is -2.04. The number of carbonyl (C=O) groups is 2. The smallest absolute Gasteiger partial charge is 0.271 e. The van der Waals surface area contributed by atoms with Gasteiger partial charge in [-0.05, 0) is 48.0 Å². The fraction of sp³-hybridized carbons (Fsp3) is 0.118. The van der Waals surface area contributed by atoms with E-state index in [1.54, 1.807) is 36.4 Å². The van der Waals surface area contributed by atoms with Crippen molar-refractivity contribution in [3.05, 3.63) is 53.6 Å². The van der Waals surface area contributed by atoms with Crippen molar-refractivity contribution in [2.24, 2.45) is 5.10 Å². The first kappa shape index (κ1) is 17.0. The molecule has 0 radical (unpaired) electrons. The van der Waals surface area contributed by atoms with Crippen LogP contribution in [0.5, 0.6) is 11.5 Å². The Bertz CT molecular complexity index is 770. The molecule has 0 aliphatic rings. The topological polar surface area (TPSA) is 100 Å². The first-order valence-corrected chi connectivity index (χ1v) is 7.07. The van der Waals surface area contributed by atoms with Gasteiger partial charge in [0.05, 0.1) is 13.3 Å². The molecule has 7 heteroatoms. The van der Waals surface area contributed by atoms with Gasteiger partial charge in [0, 0.05) is 18.2 Å². The van der Waals surface area contributed by atoms with Crippen molar-refractivity contribution in [3.63, 3.8) is 0 Å². The summed E-state index contributed by atoms with van der Waals surface area (Å²) in [6.45, 7) is 1.41. The first-order valence-electron chi connectivity index (χ1n) is 7.07. The Morgan fingerprint density at radius 1 is 1.17 bits per heavy atom. The number of aromatic hydroxyl groups is 1. The summed E-state index contributed by atoms with van der Waals surface area (Å²) in [5.41, 5.74) is 4.07. The Hall–Kier alpha value is -3.35. The maximum atomic E-state index is 12.0. The van der Waals surface area contributed by atoms with Crippen LogP contribution in [0.15, 0.2) is 47.6 Å². The van der Waals surface area contributed by atoms with Gasteiger partial charge in [-0.2, -0.15) is 5.10 Å². The van der Waals surface area contributed by atoms with E-state index in [4.69, 9.17) is 4.74 Å². The number of anilines is 1. The molecule has 124 valence electrons. The average Bonchev–Trinajstić information content (AvgIpc) is 2.56. The Kier molecular flexibility index (Phi) is 5.51. The molecule has 2 amide bonds. The molecule has 0 unspecified atom stereocenters. The van der Waals surface area contributed by atoms with Gasteiger partial charge >= 0.3 is 0 Å². The van der Waals surface area contributed by atoms with E-state index >= 15 is 0 Å². The van der Waals surface area contributed by atoms with Crippen molar-refractivity contribution in [1.29, 1.82) is 0 Å². The highest BCUT2D eigenvalue weighted by molar-refractivity contribution is 5.96. The SMILES string of the molecule is COc1cc(C=NNC(=O)c2ccc(NC(C)=O)cc2)ccc1O. The van der Waals surface area contributed by atoms with E-state index in [-0.39, 0.29) is 17.6 Å². The molecule has 0 aliphatic heterocycles. The van der Waals surface area contributed by atoms with Crippen molar-refractivity contribution < 1.29 is 19.4 Å². The number of hydrogen-bond donors (Lipinski definition) is 3. The van der Waals surface area contributed by atoms with Crippen molar-refractivity contribution in [3.8, 4) is 11.5 Å². The largest absolute Gasteiger partial charge is 0.504 e. The third-order valence-corrected chi connectivity index (χ3v) is 3.05. The Morgan fingerprint density at radius 3 is 2.50 bits per heavy atom. The zero-order chi connectivity index (χ0) is 17.5. The Balaban J connectivity index is 1.98. The number of carbonyl (C=O) groups excluding carboxylic acids is 2. The fourth-order valence-electron chi connectivity index (χ4n) is 1.91. The first-order chi connectivity index (χ1) is 11.5. The lowest BCUT2D eigenvalue weighted by atomic mass is 10.2. The molecule has 0 atom stereocenters. The summed E-state index contributed by atoms with van der Waals surface area (Å²) in [6.07, 6.45) is 1.44. The zero-order valence-electron chi connectivity index (χ0n) is 13.2. The van der Waals surface area contributed by atoms with Gasteiger partial charge in [-0.1, -0.05) is 0 Å². The van der Waals surface area contributed by atoms with Crippen LogP contribution in [0.4, 0.5) is 5.69 Å². The van der Waals surface area contributed by atoms with Crippen LogP contribution in [0.3, 0.4) is 0 Å². The van der Waals surface area contributed by atoms with E-state index in [2.05, 4.69) is 15.8 Å². The minimum atomic E-state index is -0.383. The number of hydrogen-bond acceptors (Lipinski definition) is 5. The normalized spacial score (nSPS) is 10.4. The van der Waals surface area contributed by atoms with Crippen molar-refractivity contribution in [2.45, 2.75) is 6.92 Å². The number of hydrazone groups is 1. The lowest BCUT2D eigenvalue weighted by molar-refractivity contribution is -0.114. The van der Waals surface area contributed by atoms with E-state index < -0.39 is 0 Å². The number of amides is 2. The van der Waals surface area contributed by atoms with Gasteiger partial charge < -0.3 is 15.2 Å². The summed E-state index contributed by atoms with van der Waals surface area (Å²) >= 11 is 0. The molecule has 2 aromatic carbocycles. The number of nitrogens with one attached hydrogen (secondary N) is 2. The average molecular weight is 327 g/mol. The van der Waals surface area contributed by atoms with Crippen LogP contribution in [0.1, 0.15) is 22.8 Å². The van der Waals surface area contributed by atoms with Gasteiger partial charge in [-0.25, -0.2) is 5.43 Å². The molecule has 0 heterocycles. The predicted molar refractivity (Wildman–Crippen MR) is 90.5 cm³/mol. The van der Waals surface area contributed by atoms with Gasteiger partial charge in [0.25, 0.3) is 5.91 Å². The third kappa shape index (κ3) is 4.57. The third-order valence-electron chi connectivity index (χ3n) is 3.05. The van der Waals surface area contributed by atoms with Gasteiger partial charge in [0.15, 0.2) is 11.5 Å². The van der Waals surface area contributed by atoms with Crippen LogP contribution < -0.4 is 15.5 Å². The summed E-state index contributed by atoms with van der Waals surface area (Å²) in [5.74, 6) is -0.218. The number of phenols is 1. The maximum Gasteiger partial charge on any atom is 0.271 e. The molecule has 7 nitrogen and oxygen atoms in total. The summed E-state index contributed by atoms with van der Waals surface area (Å²) in [4.78, 5) is 22.9. The lowest BCUT2D eigenvalue weighted by Crippen LogP contribution is -2.17. The van der Waals surface area contributed by atoms with Gasteiger partial charge in [-0.3, -0.25) is 9.59 Å². The number of phenolic OH excluding ortho intramolecular Hbond substituents is 1. The monoisotopic (exact) mass is 327 g/mol. The number of ether oxygens (including phenoxy) is 1. The Labute approximate surface area is 139 Å². The molecule has 24 heavy (non-hydrogen) atoms. The summed E-state index contributed by atoms with van der Waals surface area (Å²) in [5, 5.41) is 16.0. The molecule has 0 aliphatic carbocycles. The molecule has 0 fully saturated rings. The summed E-state index contributed by atoms with van der Waals surface area (Å²) in [6, 6.07) is 11.1. The number of rotatable bonds is 5. The van der Waals surface area contributed by atoms with Crippen LogP contribution in [0.25, 0.3) is 0 Å². The molecule has 0 spiro atoms. The second-order valence-electron chi connectivity index (χ2n) is 4.89. The van der Waals surface area contributed by atoms with Crippen LogP contribution in [0.2, 0.25) is 0 Å². The van der Waals surface area contributed by atoms with E-state index in [0.29, 0.717) is 22.6 Å². The van der Waals surface area contributed by atoms with Gasteiger partial charge in [-0.15, -0.1) is 0 Å². The molecule has 3 N–H and O–H groups in total. The molecule has 0 saturated heterocycles. The van der Waals surface area contributed by atoms with Crippen LogP contribution in [0, 0.1) is 0 Å². The van der Waals surface area contributed by atoms with Gasteiger partial charge in [0.1, 0.15) is 0 Å². The minimum Gasteiger partial charge on any atom is -0.504 e. The quantitative estimate of drug-likeness (QED) is 0.578. The molecule has 0 bridgehead atoms. The molecule has 0 saturated carbocycles. The van der Waals surface area contributed by atoms with Crippen LogP contribution in [-0.2, 0) is 4.79 Å². The Morgan fingerprint density at radius 2 is 1.88 bits per heavy atom. The number of benzene rings is 2. The molecule has 2 aromatic rings. The van der Waals surface area contributed by atoms with Crippen molar-refractivity contribution >= 4 is 23.7 Å². The molecular formula is C17H17N3O4. The number of nitrogens with zero attached hydrogens (tertiary/aromatic N) is 1. The zero-order valence-corrected chi connectivity index (χ0v) is 13.2. The maximum absolute atomic E-state index is 12.0. The second-order valence-corrected chi connectivity index (χ2v) is 4.89. The summed E-state index contributed by atoms with van der Waals surface area (Å²) in [7, 11) is 1.45. The standard InChI is InChI=1S/C17H17N3O4/c1-11(21)19-14-6-4-13(5-7-14)17(23)20-18-10-12-3-8-15(22)16(9-12)24-2/h3-10,22H,1-2H3,(H,19,21)(H,20,23). The summed E-state index contributed by atoms with van der Waals surface area (Å²) < 4.78 is 4.99. The van der Waals surface area contributed by atoms with Crippen LogP contribution in [-0.4, -0.2) is 30.2 Å². The molecule has 0 aromatic heterocycles. The second kappa shape index (κ2) is 7.77. The number of methoxy groups -OCH3 is 1. The highest BCUT2D eigenvalue weighted by Gasteiger charge is 2.05. The van der Waals surface area contributed by atoms with Crippen molar-refractivity contribution in [2.75, 3.05) is 12.4 Å². The molecule has 2 rings (SSSR count). The van der Waals surface area contributed by atoms with E-state index in [1.165, 1.54) is 26.3 Å². The minimum absolute atomic E-state index is 0.0259. The van der Waals surface area contributed by atoms with E-state index in [0.717, 1.165) is 0 Å². The van der Waals surface area contributed by atoms with E-state index in [1.807, 2.05) is 0 Å². The van der Waals surface area contributed by atoms with Gasteiger partial charge in [0.2, 0.25) is 5.91 Å². The van der Waals surface area contributed by atoms with Crippen molar-refractivity contribution in [1.82, 2.24) is 5.43 Å². The van der Waals surface area contributed by atoms with Crippen LogP contribution >= 0.6 is 0 Å².